The maximum Gasteiger partial charge on any atom is 0.262 e. The first-order valence-corrected chi connectivity index (χ1v) is 10.5. The van der Waals surface area contributed by atoms with Gasteiger partial charge < -0.3 is 4.57 Å². The highest BCUT2D eigenvalue weighted by Gasteiger charge is 2.14. The van der Waals surface area contributed by atoms with Crippen LogP contribution in [0, 0.1) is 6.92 Å². The van der Waals surface area contributed by atoms with Crippen molar-refractivity contribution in [1.82, 2.24) is 14.1 Å². The fourth-order valence-electron chi connectivity index (χ4n) is 2.89. The maximum atomic E-state index is 13.0. The van der Waals surface area contributed by atoms with Crippen LogP contribution in [0.1, 0.15) is 12.0 Å². The number of hydrogen-bond acceptors (Lipinski definition) is 5. The van der Waals surface area contributed by atoms with Gasteiger partial charge in [0.15, 0.2) is 4.80 Å². The number of aromatic nitrogens is 3. The van der Waals surface area contributed by atoms with Crippen molar-refractivity contribution in [2.45, 2.75) is 19.9 Å². The topological polar surface area (TPSA) is 69.2 Å². The first kappa shape index (κ1) is 18.5. The summed E-state index contributed by atoms with van der Waals surface area (Å²) >= 11 is 2.86. The van der Waals surface area contributed by atoms with Gasteiger partial charge in [-0.1, -0.05) is 29.8 Å². The molecule has 8 heteroatoms. The number of rotatable bonds is 4. The van der Waals surface area contributed by atoms with Crippen molar-refractivity contribution in [1.29, 1.82) is 0 Å². The van der Waals surface area contributed by atoms with Gasteiger partial charge in [-0.15, -0.1) is 22.7 Å². The van der Waals surface area contributed by atoms with Crippen LogP contribution in [-0.2, 0) is 18.4 Å². The number of aryl methyl sites for hydroxylation is 3. The third-order valence-corrected chi connectivity index (χ3v) is 6.20. The Morgan fingerprint density at radius 1 is 1.21 bits per heavy atom. The zero-order valence-electron chi connectivity index (χ0n) is 15.5. The van der Waals surface area contributed by atoms with Crippen LogP contribution in [-0.4, -0.2) is 20.0 Å². The molecule has 0 aliphatic carbocycles. The quantitative estimate of drug-likeness (QED) is 0.518. The van der Waals surface area contributed by atoms with Crippen LogP contribution in [0.3, 0.4) is 0 Å². The standard InChI is InChI=1S/C20H18N4O2S2/c1-13-3-5-14(6-4-13)15-11-28-18-17(15)19(26)24(12-21-18)8-7-16(25)22-20-23(2)9-10-27-20/h3-6,9-12H,7-8H2,1-2H3. The second-order valence-electron chi connectivity index (χ2n) is 6.49. The summed E-state index contributed by atoms with van der Waals surface area (Å²) in [6.07, 6.45) is 3.51. The normalized spacial score (nSPS) is 12.0. The lowest BCUT2D eigenvalue weighted by Gasteiger charge is -2.05. The molecule has 1 amide bonds. The summed E-state index contributed by atoms with van der Waals surface area (Å²) in [5, 5.41) is 4.44. The maximum absolute atomic E-state index is 13.0. The Morgan fingerprint density at radius 2 is 2.00 bits per heavy atom. The zero-order valence-corrected chi connectivity index (χ0v) is 17.1. The highest BCUT2D eigenvalue weighted by molar-refractivity contribution is 7.17. The lowest BCUT2D eigenvalue weighted by molar-refractivity contribution is -0.118. The predicted octanol–water partition coefficient (Wildman–Crippen LogP) is 3.35. The molecule has 0 aliphatic rings. The highest BCUT2D eigenvalue weighted by Crippen LogP contribution is 2.30. The summed E-state index contributed by atoms with van der Waals surface area (Å²) in [5.41, 5.74) is 2.91. The van der Waals surface area contributed by atoms with Crippen molar-refractivity contribution in [2.75, 3.05) is 0 Å². The molecule has 0 atom stereocenters. The van der Waals surface area contributed by atoms with Gasteiger partial charge >= 0.3 is 0 Å². The fraction of sp³-hybridized carbons (Fsp3) is 0.200. The molecular formula is C20H18N4O2S2. The molecular weight excluding hydrogens is 392 g/mol. The molecule has 0 fully saturated rings. The molecule has 4 aromatic rings. The van der Waals surface area contributed by atoms with Gasteiger partial charge in [0.1, 0.15) is 4.83 Å². The van der Waals surface area contributed by atoms with Crippen LogP contribution in [0.5, 0.6) is 0 Å². The van der Waals surface area contributed by atoms with Gasteiger partial charge in [-0.3, -0.25) is 14.2 Å². The van der Waals surface area contributed by atoms with Gasteiger partial charge in [-0.2, -0.15) is 4.99 Å². The van der Waals surface area contributed by atoms with E-state index in [9.17, 15) is 9.59 Å². The minimum absolute atomic E-state index is 0.128. The third kappa shape index (κ3) is 3.61. The zero-order chi connectivity index (χ0) is 19.7. The average Bonchev–Trinajstić information content (AvgIpc) is 3.29. The number of hydrogen-bond donors (Lipinski definition) is 0. The number of carbonyl (C=O) groups is 1. The van der Waals surface area contributed by atoms with Gasteiger partial charge in [0, 0.05) is 42.5 Å². The van der Waals surface area contributed by atoms with Gasteiger partial charge in [-0.05, 0) is 12.5 Å². The van der Waals surface area contributed by atoms with E-state index in [1.165, 1.54) is 39.1 Å². The van der Waals surface area contributed by atoms with Crippen molar-refractivity contribution in [3.8, 4) is 11.1 Å². The number of amides is 1. The molecule has 0 spiro atoms. The van der Waals surface area contributed by atoms with E-state index in [1.807, 2.05) is 55.2 Å². The van der Waals surface area contributed by atoms with E-state index in [1.54, 1.807) is 4.57 Å². The summed E-state index contributed by atoms with van der Waals surface area (Å²) < 4.78 is 3.29. The number of thiazole rings is 1. The molecule has 0 unspecified atom stereocenters. The first-order valence-electron chi connectivity index (χ1n) is 8.74. The fourth-order valence-corrected chi connectivity index (χ4v) is 4.54. The molecule has 28 heavy (non-hydrogen) atoms. The lowest BCUT2D eigenvalue weighted by Crippen LogP contribution is -2.22. The molecule has 0 saturated carbocycles. The van der Waals surface area contributed by atoms with Crippen molar-refractivity contribution >= 4 is 38.8 Å². The van der Waals surface area contributed by atoms with Crippen molar-refractivity contribution in [2.24, 2.45) is 12.0 Å². The van der Waals surface area contributed by atoms with E-state index in [0.717, 1.165) is 11.1 Å². The van der Waals surface area contributed by atoms with E-state index < -0.39 is 0 Å². The van der Waals surface area contributed by atoms with Crippen LogP contribution >= 0.6 is 22.7 Å². The molecule has 0 aliphatic heterocycles. The summed E-state index contributed by atoms with van der Waals surface area (Å²) in [6, 6.07) is 8.07. The van der Waals surface area contributed by atoms with Crippen LogP contribution < -0.4 is 10.4 Å². The van der Waals surface area contributed by atoms with Gasteiger partial charge in [0.05, 0.1) is 11.7 Å². The molecule has 3 aromatic heterocycles. The second-order valence-corrected chi connectivity index (χ2v) is 8.22. The summed E-state index contributed by atoms with van der Waals surface area (Å²) in [6.45, 7) is 2.28. The molecule has 6 nitrogen and oxygen atoms in total. The van der Waals surface area contributed by atoms with Crippen molar-refractivity contribution in [3.05, 3.63) is 68.3 Å². The SMILES string of the molecule is Cc1ccc(-c2csc3ncn(CCC(=O)N=c4sccn4C)c(=O)c23)cc1. The monoisotopic (exact) mass is 410 g/mol. The third-order valence-electron chi connectivity index (χ3n) is 4.47. The number of benzene rings is 1. The van der Waals surface area contributed by atoms with Crippen LogP contribution in [0.4, 0.5) is 0 Å². The molecule has 0 N–H and O–H groups in total. The molecule has 142 valence electrons. The van der Waals surface area contributed by atoms with E-state index in [-0.39, 0.29) is 24.4 Å². The Morgan fingerprint density at radius 3 is 2.71 bits per heavy atom. The number of thiophene rings is 1. The van der Waals surface area contributed by atoms with Crippen LogP contribution in [0.2, 0.25) is 0 Å². The molecule has 0 bridgehead atoms. The van der Waals surface area contributed by atoms with Crippen molar-refractivity contribution < 1.29 is 4.79 Å². The summed E-state index contributed by atoms with van der Waals surface area (Å²) in [5.74, 6) is -0.255. The van der Waals surface area contributed by atoms with Crippen LogP contribution in [0.15, 0.2) is 57.3 Å². The van der Waals surface area contributed by atoms with Gasteiger partial charge in [-0.25, -0.2) is 4.98 Å². The van der Waals surface area contributed by atoms with E-state index >= 15 is 0 Å². The highest BCUT2D eigenvalue weighted by atomic mass is 32.1. The van der Waals surface area contributed by atoms with E-state index in [2.05, 4.69) is 9.98 Å². The minimum atomic E-state index is -0.255. The molecule has 0 radical (unpaired) electrons. The first-order chi connectivity index (χ1) is 13.5. The largest absolute Gasteiger partial charge is 0.327 e. The van der Waals surface area contributed by atoms with Crippen molar-refractivity contribution in [3.63, 3.8) is 0 Å². The van der Waals surface area contributed by atoms with Crippen LogP contribution in [0.25, 0.3) is 21.3 Å². The predicted molar refractivity (Wildman–Crippen MR) is 113 cm³/mol. The number of nitrogens with zero attached hydrogens (tertiary/aromatic N) is 4. The van der Waals surface area contributed by atoms with E-state index in [0.29, 0.717) is 15.0 Å². The average molecular weight is 411 g/mol. The molecule has 4 rings (SSSR count). The Balaban J connectivity index is 1.64. The molecule has 1 aromatic carbocycles. The number of fused-ring (bicyclic) bond motifs is 1. The Hall–Kier alpha value is -2.84. The molecule has 0 saturated heterocycles. The second kappa shape index (κ2) is 7.65. The smallest absolute Gasteiger partial charge is 0.262 e. The van der Waals surface area contributed by atoms with Gasteiger partial charge in [0.2, 0.25) is 5.91 Å². The van der Waals surface area contributed by atoms with E-state index in [4.69, 9.17) is 0 Å². The lowest BCUT2D eigenvalue weighted by atomic mass is 10.1. The minimum Gasteiger partial charge on any atom is -0.327 e. The van der Waals surface area contributed by atoms with Gasteiger partial charge in [0.25, 0.3) is 5.56 Å². The Bertz CT molecular complexity index is 1280. The Kier molecular flexibility index (Phi) is 5.06. The molecule has 3 heterocycles. The number of carbonyl (C=O) groups excluding carboxylic acids is 1. The summed E-state index contributed by atoms with van der Waals surface area (Å²) in [7, 11) is 1.84. The Labute approximate surface area is 169 Å². The summed E-state index contributed by atoms with van der Waals surface area (Å²) in [4.78, 5) is 35.1.